The second kappa shape index (κ2) is 6.41. The Bertz CT molecular complexity index is 245. The van der Waals surface area contributed by atoms with Crippen molar-refractivity contribution in [2.24, 2.45) is 0 Å². The van der Waals surface area contributed by atoms with Crippen molar-refractivity contribution in [3.05, 3.63) is 0 Å². The maximum absolute atomic E-state index is 11.7. The van der Waals surface area contributed by atoms with Crippen LogP contribution in [0.4, 0.5) is 0 Å². The van der Waals surface area contributed by atoms with Crippen molar-refractivity contribution in [1.82, 2.24) is 9.80 Å². The van der Waals surface area contributed by atoms with E-state index in [0.717, 1.165) is 0 Å². The van der Waals surface area contributed by atoms with Crippen molar-refractivity contribution in [3.63, 3.8) is 0 Å². The SMILES string of the molecule is CC(CC#N)N(C)CC(=O)N(C)C(C)C. The van der Waals surface area contributed by atoms with E-state index in [1.807, 2.05) is 32.7 Å². The van der Waals surface area contributed by atoms with Crippen molar-refractivity contribution in [2.75, 3.05) is 20.6 Å². The molecular weight excluding hydrogens is 190 g/mol. The molecule has 0 heterocycles. The lowest BCUT2D eigenvalue weighted by Gasteiger charge is -2.27. The molecule has 0 rings (SSSR count). The lowest BCUT2D eigenvalue weighted by Crippen LogP contribution is -2.42. The molecule has 86 valence electrons. The third-order valence-electron chi connectivity index (χ3n) is 2.69. The molecule has 1 amide bonds. The monoisotopic (exact) mass is 211 g/mol. The third kappa shape index (κ3) is 4.80. The van der Waals surface area contributed by atoms with Crippen LogP contribution in [0, 0.1) is 11.3 Å². The van der Waals surface area contributed by atoms with E-state index in [9.17, 15) is 4.79 Å². The Morgan fingerprint density at radius 3 is 2.27 bits per heavy atom. The van der Waals surface area contributed by atoms with Gasteiger partial charge in [0.2, 0.25) is 5.91 Å². The molecule has 0 aliphatic heterocycles. The van der Waals surface area contributed by atoms with Crippen LogP contribution in [0.5, 0.6) is 0 Å². The molecule has 4 nitrogen and oxygen atoms in total. The van der Waals surface area contributed by atoms with Gasteiger partial charge in [-0.2, -0.15) is 5.26 Å². The zero-order valence-corrected chi connectivity index (χ0v) is 10.3. The summed E-state index contributed by atoms with van der Waals surface area (Å²) in [7, 11) is 3.67. The molecule has 4 heteroatoms. The van der Waals surface area contributed by atoms with Crippen LogP contribution in [0.1, 0.15) is 27.2 Å². The van der Waals surface area contributed by atoms with E-state index in [2.05, 4.69) is 6.07 Å². The van der Waals surface area contributed by atoms with E-state index in [1.165, 1.54) is 0 Å². The van der Waals surface area contributed by atoms with Crippen LogP contribution in [-0.4, -0.2) is 48.4 Å². The Kier molecular flexibility index (Phi) is 5.95. The molecule has 1 unspecified atom stereocenters. The second-order valence-electron chi connectivity index (χ2n) is 4.22. The zero-order valence-electron chi connectivity index (χ0n) is 10.3. The molecule has 15 heavy (non-hydrogen) atoms. The predicted molar refractivity (Wildman–Crippen MR) is 60.2 cm³/mol. The lowest BCUT2D eigenvalue weighted by atomic mass is 10.2. The third-order valence-corrected chi connectivity index (χ3v) is 2.69. The van der Waals surface area contributed by atoms with Crippen LogP contribution in [0.2, 0.25) is 0 Å². The first-order chi connectivity index (χ1) is 6.90. The number of carbonyl (C=O) groups is 1. The normalized spacial score (nSPS) is 12.7. The van der Waals surface area contributed by atoms with Gasteiger partial charge >= 0.3 is 0 Å². The first kappa shape index (κ1) is 13.9. The fourth-order valence-electron chi connectivity index (χ4n) is 1.06. The number of rotatable bonds is 5. The molecule has 0 spiro atoms. The standard InChI is InChI=1S/C11H21N3O/c1-9(2)14(5)11(15)8-13(4)10(3)6-7-12/h9-10H,6,8H2,1-5H3. The molecule has 0 saturated heterocycles. The molecule has 0 aromatic carbocycles. The molecule has 1 atom stereocenters. The number of carbonyl (C=O) groups excluding carboxylic acids is 1. The van der Waals surface area contributed by atoms with Gasteiger partial charge in [-0.05, 0) is 27.8 Å². The van der Waals surface area contributed by atoms with Gasteiger partial charge in [0.1, 0.15) is 0 Å². The van der Waals surface area contributed by atoms with Gasteiger partial charge < -0.3 is 4.90 Å². The van der Waals surface area contributed by atoms with Gasteiger partial charge in [0.15, 0.2) is 0 Å². The average Bonchev–Trinajstić information content (AvgIpc) is 2.16. The van der Waals surface area contributed by atoms with Crippen LogP contribution in [0.25, 0.3) is 0 Å². The first-order valence-corrected chi connectivity index (χ1v) is 5.23. The highest BCUT2D eigenvalue weighted by Gasteiger charge is 2.17. The van der Waals surface area contributed by atoms with E-state index in [-0.39, 0.29) is 18.0 Å². The summed E-state index contributed by atoms with van der Waals surface area (Å²) in [6, 6.07) is 2.45. The number of nitrogens with zero attached hydrogens (tertiary/aromatic N) is 3. The van der Waals surface area contributed by atoms with E-state index in [1.54, 1.807) is 11.9 Å². The van der Waals surface area contributed by atoms with Crippen LogP contribution in [0.3, 0.4) is 0 Å². The fraction of sp³-hybridized carbons (Fsp3) is 0.818. The summed E-state index contributed by atoms with van der Waals surface area (Å²) in [6.45, 7) is 6.29. The number of likely N-dealkylation sites (N-methyl/N-ethyl adjacent to an activating group) is 2. The van der Waals surface area contributed by atoms with E-state index < -0.39 is 0 Å². The minimum absolute atomic E-state index is 0.0947. The van der Waals surface area contributed by atoms with Crippen molar-refractivity contribution in [3.8, 4) is 6.07 Å². The first-order valence-electron chi connectivity index (χ1n) is 5.23. The molecule has 0 aromatic rings. The topological polar surface area (TPSA) is 47.3 Å². The van der Waals surface area contributed by atoms with E-state index in [4.69, 9.17) is 5.26 Å². The van der Waals surface area contributed by atoms with E-state index >= 15 is 0 Å². The molecule has 0 fully saturated rings. The summed E-state index contributed by atoms with van der Waals surface area (Å²) in [5, 5.41) is 8.55. The lowest BCUT2D eigenvalue weighted by molar-refractivity contribution is -0.132. The van der Waals surface area contributed by atoms with E-state index in [0.29, 0.717) is 13.0 Å². The van der Waals surface area contributed by atoms with Gasteiger partial charge in [-0.15, -0.1) is 0 Å². The summed E-state index contributed by atoms with van der Waals surface area (Å²) in [6.07, 6.45) is 0.454. The molecule has 0 saturated carbocycles. The molecule has 0 bridgehead atoms. The molecule has 0 aromatic heterocycles. The minimum Gasteiger partial charge on any atom is -0.342 e. The summed E-state index contributed by atoms with van der Waals surface area (Å²) >= 11 is 0. The van der Waals surface area contributed by atoms with Gasteiger partial charge in [-0.1, -0.05) is 0 Å². The predicted octanol–water partition coefficient (Wildman–Crippen LogP) is 1.09. The van der Waals surface area contributed by atoms with Crippen molar-refractivity contribution >= 4 is 5.91 Å². The van der Waals surface area contributed by atoms with Crippen LogP contribution in [0.15, 0.2) is 0 Å². The minimum atomic E-state index is 0.0947. The Morgan fingerprint density at radius 2 is 1.87 bits per heavy atom. The molecular formula is C11H21N3O. The van der Waals surface area contributed by atoms with Crippen molar-refractivity contribution in [1.29, 1.82) is 5.26 Å². The Hall–Kier alpha value is -1.08. The largest absolute Gasteiger partial charge is 0.342 e. The highest BCUT2D eigenvalue weighted by molar-refractivity contribution is 5.78. The highest BCUT2D eigenvalue weighted by Crippen LogP contribution is 2.02. The van der Waals surface area contributed by atoms with Crippen molar-refractivity contribution in [2.45, 2.75) is 39.3 Å². The van der Waals surface area contributed by atoms with Crippen molar-refractivity contribution < 1.29 is 4.79 Å². The maximum atomic E-state index is 11.7. The quantitative estimate of drug-likeness (QED) is 0.684. The fourth-order valence-corrected chi connectivity index (χ4v) is 1.06. The van der Waals surface area contributed by atoms with Crippen LogP contribution in [-0.2, 0) is 4.79 Å². The zero-order chi connectivity index (χ0) is 12.0. The van der Waals surface area contributed by atoms with Gasteiger partial charge in [0.05, 0.1) is 19.0 Å². The molecule has 0 aliphatic rings. The highest BCUT2D eigenvalue weighted by atomic mass is 16.2. The molecule has 0 aliphatic carbocycles. The molecule has 0 N–H and O–H groups in total. The Balaban J connectivity index is 4.13. The number of hydrogen-bond acceptors (Lipinski definition) is 3. The second-order valence-corrected chi connectivity index (χ2v) is 4.22. The number of amides is 1. The van der Waals surface area contributed by atoms with Gasteiger partial charge in [-0.25, -0.2) is 0 Å². The number of hydrogen-bond donors (Lipinski definition) is 0. The van der Waals surface area contributed by atoms with Gasteiger partial charge in [-0.3, -0.25) is 9.69 Å². The summed E-state index contributed by atoms with van der Waals surface area (Å²) in [5.41, 5.74) is 0. The van der Waals surface area contributed by atoms with Gasteiger partial charge in [0.25, 0.3) is 0 Å². The smallest absolute Gasteiger partial charge is 0.236 e. The van der Waals surface area contributed by atoms with Crippen LogP contribution < -0.4 is 0 Å². The maximum Gasteiger partial charge on any atom is 0.236 e. The van der Waals surface area contributed by atoms with Crippen LogP contribution >= 0.6 is 0 Å². The van der Waals surface area contributed by atoms with Gasteiger partial charge in [0, 0.05) is 19.1 Å². The Labute approximate surface area is 92.5 Å². The molecule has 0 radical (unpaired) electrons. The Morgan fingerprint density at radius 1 is 1.33 bits per heavy atom. The summed E-state index contributed by atoms with van der Waals surface area (Å²) in [5.74, 6) is 0.0947. The average molecular weight is 211 g/mol. The number of nitriles is 1. The summed E-state index contributed by atoms with van der Waals surface area (Å²) < 4.78 is 0. The summed E-state index contributed by atoms with van der Waals surface area (Å²) in [4.78, 5) is 15.3.